The van der Waals surface area contributed by atoms with Crippen molar-refractivity contribution in [3.63, 3.8) is 0 Å². The summed E-state index contributed by atoms with van der Waals surface area (Å²) in [7, 11) is 0. The predicted octanol–water partition coefficient (Wildman–Crippen LogP) is 4.28. The Bertz CT molecular complexity index is 1140. The van der Waals surface area contributed by atoms with Crippen LogP contribution >= 0.6 is 11.8 Å². The second-order valence-electron chi connectivity index (χ2n) is 7.64. The third-order valence-corrected chi connectivity index (χ3v) is 6.45. The highest BCUT2D eigenvalue weighted by molar-refractivity contribution is 7.99. The monoisotopic (exact) mass is 470 g/mol. The second-order valence-corrected chi connectivity index (χ2v) is 8.62. The molecule has 0 unspecified atom stereocenters. The number of thioether (sulfide) groups is 1. The Morgan fingerprint density at radius 3 is 2.52 bits per heavy atom. The average Bonchev–Trinajstić information content (AvgIpc) is 3.19. The molecule has 172 valence electrons. The maximum absolute atomic E-state index is 14.0. The Labute approximate surface area is 194 Å². The molecule has 33 heavy (non-hydrogen) atoms. The van der Waals surface area contributed by atoms with Crippen LogP contribution in [0.5, 0.6) is 0 Å². The van der Waals surface area contributed by atoms with Gasteiger partial charge in [0.15, 0.2) is 0 Å². The fraction of sp³-hybridized carbons (Fsp3) is 0.304. The highest BCUT2D eigenvalue weighted by Crippen LogP contribution is 2.26. The minimum absolute atomic E-state index is 0.0545. The van der Waals surface area contributed by atoms with Gasteiger partial charge in [0.1, 0.15) is 11.6 Å². The number of benzene rings is 2. The van der Waals surface area contributed by atoms with Crippen molar-refractivity contribution in [1.29, 1.82) is 0 Å². The number of oxazole rings is 1. The van der Waals surface area contributed by atoms with E-state index < -0.39 is 4.92 Å². The van der Waals surface area contributed by atoms with Crippen LogP contribution in [0.15, 0.2) is 52.9 Å². The third kappa shape index (κ3) is 5.33. The number of halogens is 1. The molecular weight excluding hydrogens is 447 g/mol. The Balaban J connectivity index is 1.26. The molecule has 4 rings (SSSR count). The fourth-order valence-electron chi connectivity index (χ4n) is 3.64. The first kappa shape index (κ1) is 22.8. The molecular formula is C23H23FN4O4S. The number of carbonyl (C=O) groups excluding carboxylic acids is 1. The van der Waals surface area contributed by atoms with Gasteiger partial charge in [0.05, 0.1) is 21.9 Å². The van der Waals surface area contributed by atoms with Gasteiger partial charge in [-0.25, -0.2) is 9.37 Å². The Hall–Kier alpha value is -3.40. The molecule has 0 saturated carbocycles. The number of nitro benzene ring substituents is 1. The zero-order valence-electron chi connectivity index (χ0n) is 18.1. The van der Waals surface area contributed by atoms with Gasteiger partial charge in [-0.2, -0.15) is 0 Å². The van der Waals surface area contributed by atoms with Gasteiger partial charge >= 0.3 is 0 Å². The van der Waals surface area contributed by atoms with Crippen LogP contribution in [-0.2, 0) is 10.5 Å². The van der Waals surface area contributed by atoms with E-state index in [4.69, 9.17) is 4.42 Å². The predicted molar refractivity (Wildman–Crippen MR) is 125 cm³/mol. The van der Waals surface area contributed by atoms with Gasteiger partial charge in [-0.15, -0.1) is 11.8 Å². The number of carbonyl (C=O) groups is 1. The molecule has 1 saturated heterocycles. The smallest absolute Gasteiger partial charge is 0.269 e. The Morgan fingerprint density at radius 1 is 1.15 bits per heavy atom. The lowest BCUT2D eigenvalue weighted by atomic mass is 10.2. The van der Waals surface area contributed by atoms with Gasteiger partial charge in [-0.3, -0.25) is 14.9 Å². The molecule has 8 nitrogen and oxygen atoms in total. The quantitative estimate of drug-likeness (QED) is 0.376. The summed E-state index contributed by atoms with van der Waals surface area (Å²) in [5, 5.41) is 10.8. The largest absolute Gasteiger partial charge is 0.441 e. The van der Waals surface area contributed by atoms with E-state index in [1.165, 1.54) is 30.0 Å². The van der Waals surface area contributed by atoms with Crippen LogP contribution in [0.2, 0.25) is 0 Å². The molecule has 1 aromatic heterocycles. The molecule has 1 amide bonds. The molecule has 0 atom stereocenters. The molecule has 0 aliphatic carbocycles. The summed E-state index contributed by atoms with van der Waals surface area (Å²) < 4.78 is 19.6. The summed E-state index contributed by atoms with van der Waals surface area (Å²) in [5.74, 6) is 1.34. The van der Waals surface area contributed by atoms with Crippen molar-refractivity contribution in [2.24, 2.45) is 0 Å². The normalized spacial score (nSPS) is 13.9. The zero-order chi connectivity index (χ0) is 23.4. The number of nitrogens with zero attached hydrogens (tertiary/aromatic N) is 4. The topological polar surface area (TPSA) is 92.7 Å². The van der Waals surface area contributed by atoms with E-state index >= 15 is 0 Å². The van der Waals surface area contributed by atoms with E-state index in [-0.39, 0.29) is 23.3 Å². The molecule has 2 aromatic carbocycles. The number of non-ortho nitro benzene ring substituents is 1. The fourth-order valence-corrected chi connectivity index (χ4v) is 4.56. The molecule has 10 heteroatoms. The number of rotatable bonds is 7. The van der Waals surface area contributed by atoms with E-state index in [1.54, 1.807) is 37.3 Å². The maximum Gasteiger partial charge on any atom is 0.269 e. The van der Waals surface area contributed by atoms with Crippen LogP contribution in [0.1, 0.15) is 11.5 Å². The van der Waals surface area contributed by atoms with E-state index in [2.05, 4.69) is 9.88 Å². The summed E-state index contributed by atoms with van der Waals surface area (Å²) in [6.45, 7) is 4.31. The molecule has 0 radical (unpaired) electrons. The highest BCUT2D eigenvalue weighted by atomic mass is 32.2. The summed E-state index contributed by atoms with van der Waals surface area (Å²) >= 11 is 1.45. The van der Waals surface area contributed by atoms with Crippen molar-refractivity contribution < 1.29 is 18.5 Å². The van der Waals surface area contributed by atoms with E-state index in [9.17, 15) is 19.3 Å². The van der Waals surface area contributed by atoms with Crippen LogP contribution in [0.25, 0.3) is 11.5 Å². The van der Waals surface area contributed by atoms with Gasteiger partial charge in [0, 0.05) is 49.8 Å². The van der Waals surface area contributed by atoms with Crippen molar-refractivity contribution in [2.75, 3.05) is 36.8 Å². The molecule has 2 heterocycles. The van der Waals surface area contributed by atoms with Gasteiger partial charge in [-0.1, -0.05) is 12.1 Å². The lowest BCUT2D eigenvalue weighted by Gasteiger charge is -2.36. The van der Waals surface area contributed by atoms with Crippen molar-refractivity contribution in [2.45, 2.75) is 12.7 Å². The Kier molecular flexibility index (Phi) is 6.93. The molecule has 3 aromatic rings. The number of anilines is 1. The third-order valence-electron chi connectivity index (χ3n) is 5.52. The highest BCUT2D eigenvalue weighted by Gasteiger charge is 2.22. The molecule has 0 N–H and O–H groups in total. The number of hydrogen-bond acceptors (Lipinski definition) is 7. The molecule has 1 fully saturated rings. The van der Waals surface area contributed by atoms with Gasteiger partial charge < -0.3 is 14.2 Å². The Morgan fingerprint density at radius 2 is 1.85 bits per heavy atom. The number of piperazine rings is 1. The summed E-state index contributed by atoms with van der Waals surface area (Å²) in [4.78, 5) is 31.4. The van der Waals surface area contributed by atoms with Crippen molar-refractivity contribution in [3.8, 4) is 11.5 Å². The lowest BCUT2D eigenvalue weighted by Crippen LogP contribution is -2.49. The lowest BCUT2D eigenvalue weighted by molar-refractivity contribution is -0.384. The minimum atomic E-state index is -0.417. The minimum Gasteiger partial charge on any atom is -0.441 e. The molecule has 0 bridgehead atoms. The first-order valence-electron chi connectivity index (χ1n) is 10.5. The first-order chi connectivity index (χ1) is 15.9. The second kappa shape index (κ2) is 10.0. The van der Waals surface area contributed by atoms with Crippen molar-refractivity contribution in [3.05, 3.63) is 75.9 Å². The van der Waals surface area contributed by atoms with Gasteiger partial charge in [0.25, 0.3) is 5.69 Å². The number of nitro groups is 1. The van der Waals surface area contributed by atoms with E-state index in [0.717, 1.165) is 5.69 Å². The summed E-state index contributed by atoms with van der Waals surface area (Å²) in [6.07, 6.45) is 0. The number of hydrogen-bond donors (Lipinski definition) is 0. The molecule has 1 aliphatic heterocycles. The van der Waals surface area contributed by atoms with E-state index in [1.807, 2.05) is 4.90 Å². The van der Waals surface area contributed by atoms with Gasteiger partial charge in [0.2, 0.25) is 11.8 Å². The summed E-state index contributed by atoms with van der Waals surface area (Å²) in [6, 6.07) is 12.8. The number of amides is 1. The zero-order valence-corrected chi connectivity index (χ0v) is 18.9. The molecule has 1 aliphatic rings. The maximum atomic E-state index is 14.0. The van der Waals surface area contributed by atoms with Crippen LogP contribution < -0.4 is 4.90 Å². The first-order valence-corrected chi connectivity index (χ1v) is 11.6. The van der Waals surface area contributed by atoms with Crippen LogP contribution in [0.3, 0.4) is 0 Å². The number of aryl methyl sites for hydroxylation is 1. The summed E-state index contributed by atoms with van der Waals surface area (Å²) in [5.41, 5.74) is 2.00. The van der Waals surface area contributed by atoms with Gasteiger partial charge in [-0.05, 0) is 31.2 Å². The van der Waals surface area contributed by atoms with Crippen molar-refractivity contribution in [1.82, 2.24) is 9.88 Å². The van der Waals surface area contributed by atoms with Crippen LogP contribution in [0.4, 0.5) is 15.8 Å². The van der Waals surface area contributed by atoms with Crippen LogP contribution in [-0.4, -0.2) is 52.6 Å². The standard InChI is InChI=1S/C23H23FN4O4S/c1-16-21(25-23(32-16)19-4-2-3-5-20(19)24)14-33-15-22(29)27-12-10-26(11-13-27)17-6-8-18(9-7-17)28(30)31/h2-9H,10-15H2,1H3. The average molecular weight is 471 g/mol. The SMILES string of the molecule is Cc1oc(-c2ccccc2F)nc1CSCC(=O)N1CCN(c2ccc([N+](=O)[O-])cc2)CC1. The van der Waals surface area contributed by atoms with E-state index in [0.29, 0.717) is 54.7 Å². The number of aromatic nitrogens is 1. The van der Waals surface area contributed by atoms with Crippen LogP contribution in [0, 0.1) is 22.9 Å². The molecule has 0 spiro atoms. The van der Waals surface area contributed by atoms with Crippen molar-refractivity contribution >= 4 is 29.0 Å².